The lowest BCUT2D eigenvalue weighted by molar-refractivity contribution is -0.116. The van der Waals surface area contributed by atoms with Gasteiger partial charge in [0, 0.05) is 24.7 Å². The first-order valence-electron chi connectivity index (χ1n) is 9.30. The Morgan fingerprint density at radius 1 is 0.857 bits per heavy atom. The summed E-state index contributed by atoms with van der Waals surface area (Å²) in [5.74, 6) is 0.358. The van der Waals surface area contributed by atoms with Crippen LogP contribution in [0.4, 0.5) is 0 Å². The van der Waals surface area contributed by atoms with E-state index in [0.29, 0.717) is 5.78 Å². The van der Waals surface area contributed by atoms with E-state index in [1.54, 1.807) is 0 Å². The molecule has 0 aromatic rings. The Morgan fingerprint density at radius 2 is 1.43 bits per heavy atom. The Hall–Kier alpha value is -0.790. The van der Waals surface area contributed by atoms with Crippen molar-refractivity contribution in [2.45, 2.75) is 96.8 Å². The van der Waals surface area contributed by atoms with Crippen molar-refractivity contribution in [1.82, 2.24) is 5.32 Å². The second-order valence-corrected chi connectivity index (χ2v) is 6.44. The van der Waals surface area contributed by atoms with Gasteiger partial charge in [-0.05, 0) is 25.7 Å². The highest BCUT2D eigenvalue weighted by Gasteiger charge is 2.13. The van der Waals surface area contributed by atoms with E-state index in [2.05, 4.69) is 12.2 Å². The topological polar surface area (TPSA) is 29.1 Å². The maximum Gasteiger partial charge on any atom is 0.160 e. The van der Waals surface area contributed by atoms with Gasteiger partial charge in [0.25, 0.3) is 0 Å². The van der Waals surface area contributed by atoms with Gasteiger partial charge in [-0.2, -0.15) is 0 Å². The lowest BCUT2D eigenvalue weighted by Gasteiger charge is -2.12. The van der Waals surface area contributed by atoms with Gasteiger partial charge in [-0.15, -0.1) is 0 Å². The minimum atomic E-state index is 0.358. The second-order valence-electron chi connectivity index (χ2n) is 6.44. The van der Waals surface area contributed by atoms with Crippen LogP contribution in [0.3, 0.4) is 0 Å². The van der Waals surface area contributed by atoms with Crippen LogP contribution in [0.2, 0.25) is 0 Å². The van der Waals surface area contributed by atoms with Crippen LogP contribution >= 0.6 is 0 Å². The molecular formula is C19H35NO. The number of ketones is 1. The van der Waals surface area contributed by atoms with Gasteiger partial charge in [0.05, 0.1) is 0 Å². The average Bonchev–Trinajstić information content (AvgIpc) is 2.50. The van der Waals surface area contributed by atoms with Crippen LogP contribution in [0, 0.1) is 0 Å². The van der Waals surface area contributed by atoms with E-state index in [9.17, 15) is 4.79 Å². The summed E-state index contributed by atoms with van der Waals surface area (Å²) in [4.78, 5) is 11.6. The fourth-order valence-electron chi connectivity index (χ4n) is 2.96. The van der Waals surface area contributed by atoms with Crippen LogP contribution in [0.5, 0.6) is 0 Å². The highest BCUT2D eigenvalue weighted by Crippen LogP contribution is 2.18. The molecule has 2 heteroatoms. The summed E-state index contributed by atoms with van der Waals surface area (Å²) in [6, 6.07) is 0. The number of hydrogen-bond acceptors (Lipinski definition) is 2. The van der Waals surface area contributed by atoms with Gasteiger partial charge >= 0.3 is 0 Å². The summed E-state index contributed by atoms with van der Waals surface area (Å²) in [7, 11) is 0. The molecule has 0 unspecified atom stereocenters. The van der Waals surface area contributed by atoms with Crippen molar-refractivity contribution in [3.05, 3.63) is 11.8 Å². The van der Waals surface area contributed by atoms with E-state index in [1.807, 2.05) is 6.20 Å². The molecule has 2 nitrogen and oxygen atoms in total. The van der Waals surface area contributed by atoms with Gasteiger partial charge in [-0.3, -0.25) is 4.79 Å². The molecule has 0 aromatic heterocycles. The molecule has 21 heavy (non-hydrogen) atoms. The first kappa shape index (κ1) is 18.3. The zero-order valence-corrected chi connectivity index (χ0v) is 14.1. The lowest BCUT2D eigenvalue weighted by atomic mass is 9.94. The Morgan fingerprint density at radius 3 is 2.05 bits per heavy atom. The summed E-state index contributed by atoms with van der Waals surface area (Å²) < 4.78 is 0. The largest absolute Gasteiger partial charge is 0.391 e. The molecule has 1 fully saturated rings. The number of hydrogen-bond donors (Lipinski definition) is 1. The van der Waals surface area contributed by atoms with Crippen molar-refractivity contribution in [3.8, 4) is 0 Å². The normalized spacial score (nSPS) is 17.4. The molecule has 0 heterocycles. The first-order chi connectivity index (χ1) is 10.3. The average molecular weight is 293 g/mol. The third-order valence-electron chi connectivity index (χ3n) is 4.41. The van der Waals surface area contributed by atoms with Crippen molar-refractivity contribution in [3.63, 3.8) is 0 Å². The molecule has 0 spiro atoms. The van der Waals surface area contributed by atoms with Gasteiger partial charge in [0.15, 0.2) is 5.78 Å². The molecule has 1 rings (SSSR count). The van der Waals surface area contributed by atoms with Gasteiger partial charge in [0.2, 0.25) is 0 Å². The Balaban J connectivity index is 1.84. The molecule has 1 aliphatic rings. The zero-order chi connectivity index (χ0) is 15.2. The van der Waals surface area contributed by atoms with Gasteiger partial charge in [-0.25, -0.2) is 0 Å². The molecule has 0 amide bonds. The number of carbonyl (C=O) groups excluding carboxylic acids is 1. The van der Waals surface area contributed by atoms with E-state index in [1.165, 1.54) is 70.6 Å². The molecule has 0 saturated heterocycles. The monoisotopic (exact) mass is 293 g/mol. The van der Waals surface area contributed by atoms with Gasteiger partial charge in [-0.1, -0.05) is 64.7 Å². The van der Waals surface area contributed by atoms with E-state index in [0.717, 1.165) is 31.4 Å². The summed E-state index contributed by atoms with van der Waals surface area (Å²) >= 11 is 0. The van der Waals surface area contributed by atoms with E-state index in [-0.39, 0.29) is 0 Å². The Labute approximate surface area is 131 Å². The maximum atomic E-state index is 11.6. The van der Waals surface area contributed by atoms with E-state index < -0.39 is 0 Å². The van der Waals surface area contributed by atoms with Crippen LogP contribution in [-0.2, 0) is 4.79 Å². The number of rotatable bonds is 12. The number of nitrogens with one attached hydrogen (secondary N) is 1. The van der Waals surface area contributed by atoms with Gasteiger partial charge in [0.1, 0.15) is 0 Å². The predicted octanol–water partition coefficient (Wildman–Crippen LogP) is 5.52. The Kier molecular flexibility index (Phi) is 11.2. The van der Waals surface area contributed by atoms with E-state index >= 15 is 0 Å². The zero-order valence-electron chi connectivity index (χ0n) is 14.1. The third kappa shape index (κ3) is 9.71. The fraction of sp³-hybridized carbons (Fsp3) is 0.842. The molecule has 0 aromatic carbocycles. The SMILES string of the molecule is CCCCCCCCCCCCNC=C1CCCCC1=O. The summed E-state index contributed by atoms with van der Waals surface area (Å²) in [5, 5.41) is 3.33. The van der Waals surface area contributed by atoms with Crippen molar-refractivity contribution >= 4 is 5.78 Å². The molecule has 0 bridgehead atoms. The van der Waals surface area contributed by atoms with Crippen molar-refractivity contribution in [1.29, 1.82) is 0 Å². The van der Waals surface area contributed by atoms with Gasteiger partial charge < -0.3 is 5.32 Å². The molecule has 1 N–H and O–H groups in total. The summed E-state index contributed by atoms with van der Waals surface area (Å²) in [6.07, 6.45) is 19.7. The maximum absolute atomic E-state index is 11.6. The Bertz CT molecular complexity index is 296. The minimum Gasteiger partial charge on any atom is -0.391 e. The molecule has 1 saturated carbocycles. The van der Waals surface area contributed by atoms with Crippen molar-refractivity contribution in [2.75, 3.05) is 6.54 Å². The molecular weight excluding hydrogens is 258 g/mol. The summed E-state index contributed by atoms with van der Waals surface area (Å²) in [5.41, 5.74) is 1.02. The predicted molar refractivity (Wildman–Crippen MR) is 91.4 cm³/mol. The van der Waals surface area contributed by atoms with Crippen LogP contribution in [0.15, 0.2) is 11.8 Å². The summed E-state index contributed by atoms with van der Waals surface area (Å²) in [6.45, 7) is 3.29. The lowest BCUT2D eigenvalue weighted by Crippen LogP contribution is -2.14. The van der Waals surface area contributed by atoms with E-state index in [4.69, 9.17) is 0 Å². The molecule has 0 aliphatic heterocycles. The third-order valence-corrected chi connectivity index (χ3v) is 4.41. The van der Waals surface area contributed by atoms with Crippen molar-refractivity contribution in [2.24, 2.45) is 0 Å². The fourth-order valence-corrected chi connectivity index (χ4v) is 2.96. The van der Waals surface area contributed by atoms with Crippen LogP contribution < -0.4 is 5.32 Å². The first-order valence-corrected chi connectivity index (χ1v) is 9.30. The number of unbranched alkanes of at least 4 members (excludes halogenated alkanes) is 9. The van der Waals surface area contributed by atoms with Crippen molar-refractivity contribution < 1.29 is 4.79 Å². The quantitative estimate of drug-likeness (QED) is 0.379. The number of allylic oxidation sites excluding steroid dienone is 1. The van der Waals surface area contributed by atoms with Crippen LogP contribution in [0.1, 0.15) is 96.8 Å². The second kappa shape index (κ2) is 12.9. The smallest absolute Gasteiger partial charge is 0.160 e. The number of Topliss-reactive ketones (excluding diaryl/α,β-unsaturated/α-hetero) is 1. The molecule has 122 valence electrons. The highest BCUT2D eigenvalue weighted by atomic mass is 16.1. The molecule has 0 radical (unpaired) electrons. The van der Waals surface area contributed by atoms with Crippen LogP contribution in [0.25, 0.3) is 0 Å². The van der Waals surface area contributed by atoms with Crippen LogP contribution in [-0.4, -0.2) is 12.3 Å². The standard InChI is InChI=1S/C19H35NO/c1-2-3-4-5-6-7-8-9-10-13-16-20-17-18-14-11-12-15-19(18)21/h17,20H,2-16H2,1H3. The molecule has 0 atom stereocenters. The highest BCUT2D eigenvalue weighted by molar-refractivity contribution is 5.95. The molecule has 1 aliphatic carbocycles. The number of carbonyl (C=O) groups is 1. The minimum absolute atomic E-state index is 0.358.